The summed E-state index contributed by atoms with van der Waals surface area (Å²) in [6, 6.07) is 8.35. The van der Waals surface area contributed by atoms with Gasteiger partial charge in [-0.25, -0.2) is 9.59 Å². The van der Waals surface area contributed by atoms with Crippen molar-refractivity contribution in [1.29, 1.82) is 5.41 Å². The summed E-state index contributed by atoms with van der Waals surface area (Å²) in [5, 5.41) is 12.3. The first-order chi connectivity index (χ1) is 13.2. The number of rotatable bonds is 10. The number of unbranched alkanes of at least 4 members (excludes halogenated alkanes) is 1. The molecule has 0 heterocycles. The van der Waals surface area contributed by atoms with Crippen LogP contribution in [0.5, 0.6) is 0 Å². The highest BCUT2D eigenvalue weighted by Gasteiger charge is 2.20. The number of ether oxygens (including phenoxy) is 2. The van der Waals surface area contributed by atoms with E-state index < -0.39 is 29.6 Å². The summed E-state index contributed by atoms with van der Waals surface area (Å²) >= 11 is 0. The highest BCUT2D eigenvalue weighted by atomic mass is 16.6. The van der Waals surface area contributed by atoms with Crippen LogP contribution in [0.25, 0.3) is 0 Å². The van der Waals surface area contributed by atoms with E-state index in [9.17, 15) is 14.4 Å². The maximum Gasteiger partial charge on any atom is 0.408 e. The van der Waals surface area contributed by atoms with Crippen LogP contribution in [0, 0.1) is 5.41 Å². The summed E-state index contributed by atoms with van der Waals surface area (Å²) < 4.78 is 10.2. The van der Waals surface area contributed by atoms with Gasteiger partial charge in [0.1, 0.15) is 12.2 Å². The molecule has 0 aliphatic rings. The van der Waals surface area contributed by atoms with Gasteiger partial charge in [0.2, 0.25) is 0 Å². The van der Waals surface area contributed by atoms with Crippen molar-refractivity contribution in [3.8, 4) is 0 Å². The Hall–Kier alpha value is -2.90. The van der Waals surface area contributed by atoms with Crippen LogP contribution in [0.15, 0.2) is 30.3 Å². The molecule has 0 radical (unpaired) electrons. The minimum atomic E-state index is -0.831. The molecule has 1 aromatic rings. The van der Waals surface area contributed by atoms with Crippen LogP contribution < -0.4 is 10.6 Å². The lowest BCUT2D eigenvalue weighted by molar-refractivity contribution is -0.114. The first-order valence-electron chi connectivity index (χ1n) is 9.19. The number of Topliss-reactive ketones (excluding diaryl/α,β-unsaturated/α-hetero) is 1. The Balaban J connectivity index is 2.34. The third-order valence-electron chi connectivity index (χ3n) is 3.58. The Labute approximate surface area is 165 Å². The van der Waals surface area contributed by atoms with Gasteiger partial charge in [0, 0.05) is 6.54 Å². The van der Waals surface area contributed by atoms with E-state index in [1.54, 1.807) is 20.8 Å². The second-order valence-electron chi connectivity index (χ2n) is 7.23. The number of benzene rings is 1. The SMILES string of the molecule is CC(C)(C)OC(=O)NCCCC[C@H](NC(=O)OCc1ccccc1)C(=O)C=N. The number of hydrogen-bond donors (Lipinski definition) is 3. The molecule has 154 valence electrons. The van der Waals surface area contributed by atoms with Crippen molar-refractivity contribution in [2.24, 2.45) is 0 Å². The number of hydrogen-bond acceptors (Lipinski definition) is 6. The highest BCUT2D eigenvalue weighted by molar-refractivity contribution is 6.29. The minimum Gasteiger partial charge on any atom is -0.445 e. The molecule has 0 saturated heterocycles. The maximum absolute atomic E-state index is 11.9. The number of amides is 2. The summed E-state index contributed by atoms with van der Waals surface area (Å²) in [5.41, 5.74) is 0.274. The lowest BCUT2D eigenvalue weighted by Crippen LogP contribution is -2.41. The Morgan fingerprint density at radius 2 is 1.79 bits per heavy atom. The van der Waals surface area contributed by atoms with Crippen molar-refractivity contribution in [3.63, 3.8) is 0 Å². The number of nitrogens with one attached hydrogen (secondary N) is 3. The molecule has 28 heavy (non-hydrogen) atoms. The molecule has 8 nitrogen and oxygen atoms in total. The highest BCUT2D eigenvalue weighted by Crippen LogP contribution is 2.07. The van der Waals surface area contributed by atoms with E-state index in [2.05, 4.69) is 10.6 Å². The summed E-state index contributed by atoms with van der Waals surface area (Å²) in [5.74, 6) is -0.503. The molecule has 3 N–H and O–H groups in total. The van der Waals surface area contributed by atoms with Gasteiger partial charge in [0.25, 0.3) is 0 Å². The fourth-order valence-corrected chi connectivity index (χ4v) is 2.27. The topological polar surface area (TPSA) is 118 Å². The third-order valence-corrected chi connectivity index (χ3v) is 3.58. The summed E-state index contributed by atoms with van der Waals surface area (Å²) in [7, 11) is 0. The van der Waals surface area contributed by atoms with Gasteiger partial charge in [0.05, 0.1) is 12.3 Å². The normalized spacial score (nSPS) is 11.8. The summed E-state index contributed by atoms with van der Waals surface area (Å²) in [4.78, 5) is 35.3. The van der Waals surface area contributed by atoms with Gasteiger partial charge in [0.15, 0.2) is 5.78 Å². The van der Waals surface area contributed by atoms with Crippen molar-refractivity contribution in [1.82, 2.24) is 10.6 Å². The predicted molar refractivity (Wildman–Crippen MR) is 105 cm³/mol. The minimum absolute atomic E-state index is 0.0952. The van der Waals surface area contributed by atoms with Gasteiger partial charge >= 0.3 is 12.2 Å². The van der Waals surface area contributed by atoms with Gasteiger partial charge in [-0.1, -0.05) is 30.3 Å². The Bertz CT molecular complexity index is 656. The fraction of sp³-hybridized carbons (Fsp3) is 0.500. The van der Waals surface area contributed by atoms with Crippen LogP contribution in [0.2, 0.25) is 0 Å². The summed E-state index contributed by atoms with van der Waals surface area (Å²) in [6.45, 7) is 5.82. The zero-order valence-electron chi connectivity index (χ0n) is 16.6. The molecular weight excluding hydrogens is 362 g/mol. The molecule has 0 aliphatic heterocycles. The van der Waals surface area contributed by atoms with Crippen molar-refractivity contribution < 1.29 is 23.9 Å². The van der Waals surface area contributed by atoms with Crippen LogP contribution in [-0.4, -0.2) is 42.4 Å². The van der Waals surface area contributed by atoms with Gasteiger partial charge in [-0.2, -0.15) is 0 Å². The average molecular weight is 391 g/mol. The van der Waals surface area contributed by atoms with E-state index in [1.807, 2.05) is 30.3 Å². The molecule has 0 bridgehead atoms. The molecule has 0 spiro atoms. The molecule has 0 saturated carbocycles. The van der Waals surface area contributed by atoms with E-state index in [1.165, 1.54) is 0 Å². The second-order valence-corrected chi connectivity index (χ2v) is 7.23. The summed E-state index contributed by atoms with van der Waals surface area (Å²) in [6.07, 6.45) is 0.977. The van der Waals surface area contributed by atoms with Crippen LogP contribution in [0.3, 0.4) is 0 Å². The van der Waals surface area contributed by atoms with E-state index in [-0.39, 0.29) is 6.61 Å². The van der Waals surface area contributed by atoms with Gasteiger partial charge in [-0.3, -0.25) is 4.79 Å². The Morgan fingerprint density at radius 1 is 1.11 bits per heavy atom. The Kier molecular flexibility index (Phi) is 9.70. The van der Waals surface area contributed by atoms with E-state index >= 15 is 0 Å². The molecule has 1 atom stereocenters. The van der Waals surface area contributed by atoms with Crippen molar-refractivity contribution >= 4 is 24.2 Å². The second kappa shape index (κ2) is 11.7. The molecular formula is C20H29N3O5. The van der Waals surface area contributed by atoms with E-state index in [0.29, 0.717) is 32.0 Å². The Morgan fingerprint density at radius 3 is 2.39 bits per heavy atom. The number of alkyl carbamates (subject to hydrolysis) is 2. The largest absolute Gasteiger partial charge is 0.445 e. The van der Waals surface area contributed by atoms with Crippen LogP contribution in [0.1, 0.15) is 45.6 Å². The van der Waals surface area contributed by atoms with Gasteiger partial charge in [-0.15, -0.1) is 0 Å². The lowest BCUT2D eigenvalue weighted by atomic mass is 10.1. The van der Waals surface area contributed by atoms with E-state index in [0.717, 1.165) is 5.56 Å². The monoisotopic (exact) mass is 391 g/mol. The standard InChI is InChI=1S/C20H29N3O5/c1-20(2,3)28-18(25)22-12-8-7-11-16(17(24)13-21)23-19(26)27-14-15-9-5-4-6-10-15/h4-6,9-10,13,16,21H,7-8,11-12,14H2,1-3H3,(H,22,25)(H,23,26)/t16-/m0/s1. The van der Waals surface area contributed by atoms with Crippen LogP contribution in [-0.2, 0) is 20.9 Å². The predicted octanol–water partition coefficient (Wildman–Crippen LogP) is 3.20. The number of ketones is 1. The van der Waals surface area contributed by atoms with E-state index in [4.69, 9.17) is 14.9 Å². The van der Waals surface area contributed by atoms with Crippen molar-refractivity contribution in [2.75, 3.05) is 6.54 Å². The van der Waals surface area contributed by atoms with Gasteiger partial charge < -0.3 is 25.5 Å². The first-order valence-corrected chi connectivity index (χ1v) is 9.19. The van der Waals surface area contributed by atoms with Crippen LogP contribution in [0.4, 0.5) is 9.59 Å². The molecule has 0 aromatic heterocycles. The molecule has 2 amide bonds. The third kappa shape index (κ3) is 10.3. The molecule has 0 aliphatic carbocycles. The van der Waals surface area contributed by atoms with Crippen molar-refractivity contribution in [2.45, 2.75) is 58.3 Å². The zero-order valence-corrected chi connectivity index (χ0v) is 16.6. The quantitative estimate of drug-likeness (QED) is 0.418. The lowest BCUT2D eigenvalue weighted by Gasteiger charge is -2.19. The van der Waals surface area contributed by atoms with Gasteiger partial charge in [-0.05, 0) is 45.6 Å². The molecule has 1 aromatic carbocycles. The fourth-order valence-electron chi connectivity index (χ4n) is 2.27. The first kappa shape index (κ1) is 23.1. The molecule has 1 rings (SSSR count). The van der Waals surface area contributed by atoms with Crippen LogP contribution >= 0.6 is 0 Å². The number of carbonyl (C=O) groups excluding carboxylic acids is 3. The number of carbonyl (C=O) groups is 3. The zero-order chi connectivity index (χ0) is 21.0. The maximum atomic E-state index is 11.9. The molecule has 0 fully saturated rings. The average Bonchev–Trinajstić information content (AvgIpc) is 2.64. The molecule has 8 heteroatoms. The molecule has 0 unspecified atom stereocenters. The van der Waals surface area contributed by atoms with Crippen molar-refractivity contribution in [3.05, 3.63) is 35.9 Å². The smallest absolute Gasteiger partial charge is 0.408 e.